The fourth-order valence-corrected chi connectivity index (χ4v) is 1.44. The van der Waals surface area contributed by atoms with Gasteiger partial charge in [-0.25, -0.2) is 0 Å². The Morgan fingerprint density at radius 3 is 2.53 bits per heavy atom. The molecule has 0 N–H and O–H groups in total. The first-order valence-electron chi connectivity index (χ1n) is 4.84. The Hall–Kier alpha value is -0.390. The summed E-state index contributed by atoms with van der Waals surface area (Å²) in [6.45, 7) is 2.00. The molecule has 0 aliphatic carbocycles. The van der Waals surface area contributed by atoms with Crippen LogP contribution < -0.4 is 0 Å². The number of carbonyl (C=O) groups is 1. The third-order valence-corrected chi connectivity index (χ3v) is 2.28. The normalized spacial score (nSPS) is 11.5. The van der Waals surface area contributed by atoms with E-state index in [9.17, 15) is 18.0 Å². The topological polar surface area (TPSA) is 26.3 Å². The average Bonchev–Trinajstić information content (AvgIpc) is 2.11. The van der Waals surface area contributed by atoms with Crippen LogP contribution in [0.3, 0.4) is 0 Å². The molecule has 0 fully saturated rings. The van der Waals surface area contributed by atoms with E-state index in [1.165, 1.54) is 0 Å². The zero-order chi connectivity index (χ0) is 11.7. The lowest BCUT2D eigenvalue weighted by Crippen LogP contribution is -2.09. The smallest absolute Gasteiger partial charge is 0.390 e. The minimum absolute atomic E-state index is 0.233. The Bertz CT molecular complexity index is 183. The summed E-state index contributed by atoms with van der Waals surface area (Å²) >= 11 is 0.577. The Morgan fingerprint density at radius 2 is 2.00 bits per heavy atom. The fraction of sp³-hybridized carbons (Fsp3) is 0.889. The highest BCUT2D eigenvalue weighted by atomic mass is 32.2. The van der Waals surface area contributed by atoms with Crippen molar-refractivity contribution < 1.29 is 22.1 Å². The molecule has 0 aromatic carbocycles. The number of halogens is 3. The second-order valence-corrected chi connectivity index (χ2v) is 3.91. The summed E-state index contributed by atoms with van der Waals surface area (Å²) < 4.78 is 39.6. The third-order valence-electron chi connectivity index (χ3n) is 1.61. The first-order valence-corrected chi connectivity index (χ1v) is 5.76. The minimum Gasteiger partial charge on any atom is -0.391 e. The van der Waals surface area contributed by atoms with Crippen molar-refractivity contribution in [2.24, 2.45) is 0 Å². The molecule has 6 heteroatoms. The highest BCUT2D eigenvalue weighted by molar-refractivity contribution is 7.95. The van der Waals surface area contributed by atoms with Crippen LogP contribution in [0.2, 0.25) is 0 Å². The molecule has 0 aromatic heterocycles. The molecular formula is C9H15F3O2S. The van der Waals surface area contributed by atoms with Gasteiger partial charge in [0, 0.05) is 12.2 Å². The maximum absolute atomic E-state index is 11.7. The van der Waals surface area contributed by atoms with Gasteiger partial charge in [0.05, 0.1) is 18.5 Å². The van der Waals surface area contributed by atoms with Crippen LogP contribution >= 0.6 is 12.0 Å². The molecule has 0 heterocycles. The molecule has 0 aliphatic heterocycles. The van der Waals surface area contributed by atoms with Gasteiger partial charge in [-0.05, 0) is 6.42 Å². The van der Waals surface area contributed by atoms with Crippen molar-refractivity contribution in [3.8, 4) is 0 Å². The zero-order valence-electron chi connectivity index (χ0n) is 8.60. The second kappa shape index (κ2) is 7.84. The highest BCUT2D eigenvalue weighted by Crippen LogP contribution is 2.22. The molecule has 0 amide bonds. The Balaban J connectivity index is 3.32. The number of hydrogen-bond donors (Lipinski definition) is 0. The van der Waals surface area contributed by atoms with E-state index >= 15 is 0 Å². The molecule has 90 valence electrons. The maximum atomic E-state index is 11.7. The average molecular weight is 244 g/mol. The molecule has 0 saturated carbocycles. The number of rotatable bonds is 7. The first-order chi connectivity index (χ1) is 6.95. The summed E-state index contributed by atoms with van der Waals surface area (Å²) in [5, 5.41) is 0. The van der Waals surface area contributed by atoms with E-state index in [0.717, 1.165) is 19.3 Å². The molecule has 0 radical (unpaired) electrons. The van der Waals surface area contributed by atoms with Gasteiger partial charge < -0.3 is 4.18 Å². The van der Waals surface area contributed by atoms with E-state index in [4.69, 9.17) is 0 Å². The summed E-state index contributed by atoms with van der Waals surface area (Å²) in [5.74, 6) is -0.668. The monoisotopic (exact) mass is 244 g/mol. The molecule has 15 heavy (non-hydrogen) atoms. The number of hydrogen-bond acceptors (Lipinski definition) is 3. The van der Waals surface area contributed by atoms with Crippen molar-refractivity contribution in [3.63, 3.8) is 0 Å². The van der Waals surface area contributed by atoms with Gasteiger partial charge in [-0.2, -0.15) is 13.2 Å². The van der Waals surface area contributed by atoms with Crippen molar-refractivity contribution in [3.05, 3.63) is 0 Å². The van der Waals surface area contributed by atoms with E-state index in [1.54, 1.807) is 0 Å². The Kier molecular flexibility index (Phi) is 7.64. The van der Waals surface area contributed by atoms with Gasteiger partial charge in [0.25, 0.3) is 0 Å². The molecule has 0 unspecified atom stereocenters. The standard InChI is InChI=1S/C9H15F3O2S/c1-2-3-4-5-8(13)14-15-7-6-9(10,11)12/h2-7H2,1H3. The van der Waals surface area contributed by atoms with Crippen molar-refractivity contribution >= 4 is 18.0 Å². The highest BCUT2D eigenvalue weighted by Gasteiger charge is 2.26. The molecule has 0 rings (SSSR count). The predicted octanol–water partition coefficient (Wildman–Crippen LogP) is 3.71. The first kappa shape index (κ1) is 14.6. The summed E-state index contributed by atoms with van der Waals surface area (Å²) in [7, 11) is 0. The van der Waals surface area contributed by atoms with Gasteiger partial charge in [0.2, 0.25) is 0 Å². The Morgan fingerprint density at radius 1 is 1.33 bits per heavy atom. The van der Waals surface area contributed by atoms with Crippen LogP contribution in [-0.2, 0) is 8.98 Å². The van der Waals surface area contributed by atoms with E-state index < -0.39 is 18.6 Å². The molecule has 0 atom stereocenters. The van der Waals surface area contributed by atoms with Crippen molar-refractivity contribution in [1.29, 1.82) is 0 Å². The van der Waals surface area contributed by atoms with Crippen LogP contribution in [0.5, 0.6) is 0 Å². The van der Waals surface area contributed by atoms with E-state index in [0.29, 0.717) is 12.0 Å². The molecule has 0 aromatic rings. The van der Waals surface area contributed by atoms with Crippen LogP contribution in [0, 0.1) is 0 Å². The number of unbranched alkanes of at least 4 members (excludes halogenated alkanes) is 2. The van der Waals surface area contributed by atoms with Crippen molar-refractivity contribution in [1.82, 2.24) is 0 Å². The minimum atomic E-state index is -4.18. The van der Waals surface area contributed by atoms with Gasteiger partial charge in [-0.15, -0.1) is 0 Å². The number of carbonyl (C=O) groups excluding carboxylic acids is 1. The second-order valence-electron chi connectivity index (χ2n) is 3.10. The predicted molar refractivity (Wildman–Crippen MR) is 53.4 cm³/mol. The van der Waals surface area contributed by atoms with E-state index in [1.807, 2.05) is 6.92 Å². The molecule has 2 nitrogen and oxygen atoms in total. The molecule has 0 aliphatic rings. The Labute approximate surface area is 91.8 Å². The van der Waals surface area contributed by atoms with Crippen LogP contribution in [0.15, 0.2) is 0 Å². The quantitative estimate of drug-likeness (QED) is 0.504. The molecule has 0 bridgehead atoms. The summed E-state index contributed by atoms with van der Waals surface area (Å²) in [6.07, 6.45) is -2.17. The van der Waals surface area contributed by atoms with Crippen LogP contribution in [0.4, 0.5) is 13.2 Å². The number of alkyl halides is 3. The van der Waals surface area contributed by atoms with E-state index in [-0.39, 0.29) is 12.2 Å². The van der Waals surface area contributed by atoms with Crippen LogP contribution in [0.1, 0.15) is 39.0 Å². The van der Waals surface area contributed by atoms with Crippen LogP contribution in [-0.4, -0.2) is 17.9 Å². The maximum Gasteiger partial charge on any atom is 0.390 e. The van der Waals surface area contributed by atoms with E-state index in [2.05, 4.69) is 4.18 Å². The van der Waals surface area contributed by atoms with Gasteiger partial charge >= 0.3 is 12.1 Å². The molecule has 0 spiro atoms. The van der Waals surface area contributed by atoms with Gasteiger partial charge in [-0.1, -0.05) is 19.8 Å². The lowest BCUT2D eigenvalue weighted by atomic mass is 10.2. The lowest BCUT2D eigenvalue weighted by Gasteiger charge is -2.05. The van der Waals surface area contributed by atoms with Gasteiger partial charge in [0.15, 0.2) is 0 Å². The molecule has 0 saturated heterocycles. The zero-order valence-corrected chi connectivity index (χ0v) is 9.42. The summed E-state index contributed by atoms with van der Waals surface area (Å²) in [5.41, 5.74) is 0. The van der Waals surface area contributed by atoms with Gasteiger partial charge in [-0.3, -0.25) is 4.79 Å². The summed E-state index contributed by atoms with van der Waals surface area (Å²) in [6, 6.07) is 0. The SMILES string of the molecule is CCCCCC(=O)OSCCC(F)(F)F. The van der Waals surface area contributed by atoms with Crippen LogP contribution in [0.25, 0.3) is 0 Å². The molecular weight excluding hydrogens is 229 g/mol. The summed E-state index contributed by atoms with van der Waals surface area (Å²) in [4.78, 5) is 10.9. The fourth-order valence-electron chi connectivity index (χ4n) is 0.826. The third kappa shape index (κ3) is 11.5. The largest absolute Gasteiger partial charge is 0.391 e. The van der Waals surface area contributed by atoms with Crippen molar-refractivity contribution in [2.75, 3.05) is 5.75 Å². The van der Waals surface area contributed by atoms with Crippen molar-refractivity contribution in [2.45, 2.75) is 45.2 Å². The van der Waals surface area contributed by atoms with Gasteiger partial charge in [0.1, 0.15) is 0 Å². The lowest BCUT2D eigenvalue weighted by molar-refractivity contribution is -0.134.